The molecule has 0 saturated heterocycles. The molecule has 1 aliphatic rings. The first-order valence-electron chi connectivity index (χ1n) is 7.60. The lowest BCUT2D eigenvalue weighted by Gasteiger charge is -2.37. The minimum absolute atomic E-state index is 0.424. The average Bonchev–Trinajstić information content (AvgIpc) is 2.51. The zero-order valence-corrected chi connectivity index (χ0v) is 13.2. The molecule has 1 aromatic carbocycles. The first-order valence-corrected chi connectivity index (χ1v) is 7.60. The predicted molar refractivity (Wildman–Crippen MR) is 86.3 cm³/mol. The summed E-state index contributed by atoms with van der Waals surface area (Å²) in [6, 6.07) is 5.73. The molecule has 0 spiro atoms. The molecule has 0 saturated carbocycles. The molecule has 2 amide bonds. The third-order valence-electron chi connectivity index (χ3n) is 4.25. The summed E-state index contributed by atoms with van der Waals surface area (Å²) in [4.78, 5) is 23.0. The molecule has 118 valence electrons. The molecule has 3 N–H and O–H groups in total. The van der Waals surface area contributed by atoms with Crippen LogP contribution in [0.2, 0.25) is 0 Å². The maximum atomic E-state index is 11.8. The molecular formula is C17H22N2O3. The lowest BCUT2D eigenvalue weighted by molar-refractivity contribution is -0.113. The first-order chi connectivity index (χ1) is 10.5. The van der Waals surface area contributed by atoms with E-state index in [9.17, 15) is 9.59 Å². The fraction of sp³-hybridized carbons (Fsp3) is 0.412. The monoisotopic (exact) mass is 302 g/mol. The minimum atomic E-state index is -0.626. The van der Waals surface area contributed by atoms with E-state index in [1.54, 1.807) is 0 Å². The summed E-state index contributed by atoms with van der Waals surface area (Å²) < 4.78 is 5.59. The highest BCUT2D eigenvalue weighted by Gasteiger charge is 2.39. The van der Waals surface area contributed by atoms with Gasteiger partial charge in [-0.1, -0.05) is 26.8 Å². The van der Waals surface area contributed by atoms with Crippen LogP contribution >= 0.6 is 0 Å². The number of anilines is 1. The number of amides is 2. The molecule has 1 heterocycles. The van der Waals surface area contributed by atoms with Crippen LogP contribution in [0.25, 0.3) is 5.57 Å². The number of fused-ring (bicyclic) bond motifs is 1. The fourth-order valence-corrected chi connectivity index (χ4v) is 2.93. The van der Waals surface area contributed by atoms with Crippen LogP contribution in [-0.4, -0.2) is 12.0 Å². The number of nitrogens with two attached hydrogens (primary N) is 1. The van der Waals surface area contributed by atoms with Crippen molar-refractivity contribution in [2.45, 2.75) is 45.6 Å². The highest BCUT2D eigenvalue weighted by molar-refractivity contribution is 5.95. The van der Waals surface area contributed by atoms with Crippen molar-refractivity contribution < 1.29 is 14.3 Å². The van der Waals surface area contributed by atoms with Gasteiger partial charge >= 0.3 is 6.09 Å². The van der Waals surface area contributed by atoms with E-state index in [1.165, 1.54) is 6.08 Å². The van der Waals surface area contributed by atoms with Gasteiger partial charge in [-0.3, -0.25) is 10.1 Å². The zero-order valence-electron chi connectivity index (χ0n) is 13.2. The molecule has 0 radical (unpaired) electrons. The van der Waals surface area contributed by atoms with Gasteiger partial charge in [-0.15, -0.1) is 0 Å². The van der Waals surface area contributed by atoms with Crippen LogP contribution in [0.5, 0.6) is 0 Å². The normalized spacial score (nSPS) is 16.5. The van der Waals surface area contributed by atoms with E-state index in [-0.39, 0.29) is 0 Å². The number of benzene rings is 1. The van der Waals surface area contributed by atoms with Gasteiger partial charge in [-0.2, -0.15) is 0 Å². The summed E-state index contributed by atoms with van der Waals surface area (Å²) in [6.45, 7) is 5.97. The van der Waals surface area contributed by atoms with Gasteiger partial charge in [-0.25, -0.2) is 4.79 Å². The Morgan fingerprint density at radius 3 is 2.55 bits per heavy atom. The number of hydrogen-bond acceptors (Lipinski definition) is 3. The number of rotatable bonds is 5. The molecule has 5 heteroatoms. The Morgan fingerprint density at radius 1 is 1.32 bits per heavy atom. The number of primary amides is 1. The predicted octanol–water partition coefficient (Wildman–Crippen LogP) is 3.54. The molecular weight excluding hydrogens is 280 g/mol. The molecule has 22 heavy (non-hydrogen) atoms. The summed E-state index contributed by atoms with van der Waals surface area (Å²) >= 11 is 0. The van der Waals surface area contributed by atoms with Gasteiger partial charge in [-0.05, 0) is 42.5 Å². The second-order valence-corrected chi connectivity index (χ2v) is 5.40. The largest absolute Gasteiger partial charge is 0.438 e. The number of carbonyl (C=O) groups is 2. The standard InChI is InChI=1S/C17H22N2O3/c1-4-11(10-15(18)20)12-7-8-14-13(9-12)17(5-2,6-3)22-16(21)19-14/h7-10H,4-6H2,1-3H3,(H2,18,20)(H,19,21)/b11-10-. The third-order valence-corrected chi connectivity index (χ3v) is 4.25. The summed E-state index contributed by atoms with van der Waals surface area (Å²) in [6.07, 6.45) is 3.10. The second-order valence-electron chi connectivity index (χ2n) is 5.40. The Balaban J connectivity index is 2.58. The van der Waals surface area contributed by atoms with Gasteiger partial charge in [0.1, 0.15) is 5.60 Å². The van der Waals surface area contributed by atoms with Crippen LogP contribution in [0.4, 0.5) is 10.5 Å². The lowest BCUT2D eigenvalue weighted by atomic mass is 9.84. The number of ether oxygens (including phenoxy) is 1. The SMILES string of the molecule is CC/C(=C/C(N)=O)c1ccc2c(c1)C(CC)(CC)OC(=O)N2. The summed E-state index contributed by atoms with van der Waals surface area (Å²) in [5.41, 5.74) is 8.14. The van der Waals surface area contributed by atoms with Gasteiger partial charge in [0.2, 0.25) is 5.91 Å². The molecule has 0 unspecified atom stereocenters. The molecule has 5 nitrogen and oxygen atoms in total. The van der Waals surface area contributed by atoms with Gasteiger partial charge < -0.3 is 10.5 Å². The van der Waals surface area contributed by atoms with Gasteiger partial charge in [0.05, 0.1) is 5.69 Å². The van der Waals surface area contributed by atoms with Crippen molar-refractivity contribution >= 4 is 23.3 Å². The van der Waals surface area contributed by atoms with E-state index in [0.717, 1.165) is 22.4 Å². The highest BCUT2D eigenvalue weighted by atomic mass is 16.6. The smallest absolute Gasteiger partial charge is 0.412 e. The summed E-state index contributed by atoms with van der Waals surface area (Å²) in [7, 11) is 0. The van der Waals surface area contributed by atoms with Gasteiger partial charge in [0.25, 0.3) is 0 Å². The average molecular weight is 302 g/mol. The molecule has 0 bridgehead atoms. The Morgan fingerprint density at radius 2 is 2.00 bits per heavy atom. The van der Waals surface area contributed by atoms with Gasteiger partial charge in [0.15, 0.2) is 0 Å². The molecule has 0 aromatic heterocycles. The van der Waals surface area contributed by atoms with Crippen LogP contribution in [0.1, 0.15) is 51.2 Å². The van der Waals surface area contributed by atoms with E-state index in [1.807, 2.05) is 39.0 Å². The number of hydrogen-bond donors (Lipinski definition) is 2. The van der Waals surface area contributed by atoms with E-state index < -0.39 is 17.6 Å². The number of carbonyl (C=O) groups excluding carboxylic acids is 2. The molecule has 1 aliphatic heterocycles. The maximum Gasteiger partial charge on any atom is 0.412 e. The van der Waals surface area contributed by atoms with Crippen LogP contribution < -0.4 is 11.1 Å². The van der Waals surface area contributed by atoms with Crippen molar-refractivity contribution in [2.24, 2.45) is 5.73 Å². The molecule has 0 fully saturated rings. The Bertz CT molecular complexity index is 631. The number of nitrogens with one attached hydrogen (secondary N) is 1. The van der Waals surface area contributed by atoms with E-state index >= 15 is 0 Å². The highest BCUT2D eigenvalue weighted by Crippen LogP contribution is 2.42. The lowest BCUT2D eigenvalue weighted by Crippen LogP contribution is -2.38. The van der Waals surface area contributed by atoms with E-state index in [0.29, 0.717) is 19.3 Å². The van der Waals surface area contributed by atoms with E-state index in [4.69, 9.17) is 10.5 Å². The van der Waals surface area contributed by atoms with Crippen molar-refractivity contribution in [1.82, 2.24) is 0 Å². The Kier molecular flexibility index (Phi) is 4.54. The quantitative estimate of drug-likeness (QED) is 0.816. The van der Waals surface area contributed by atoms with Crippen molar-refractivity contribution in [2.75, 3.05) is 5.32 Å². The summed E-state index contributed by atoms with van der Waals surface area (Å²) in [5.74, 6) is -0.462. The molecule has 0 atom stereocenters. The molecule has 2 rings (SSSR count). The minimum Gasteiger partial charge on any atom is -0.438 e. The molecule has 0 aliphatic carbocycles. The molecule has 1 aromatic rings. The first kappa shape index (κ1) is 16.1. The van der Waals surface area contributed by atoms with Crippen molar-refractivity contribution in [3.63, 3.8) is 0 Å². The zero-order chi connectivity index (χ0) is 16.3. The van der Waals surface area contributed by atoms with Crippen molar-refractivity contribution in [3.8, 4) is 0 Å². The van der Waals surface area contributed by atoms with Crippen LogP contribution in [0.15, 0.2) is 24.3 Å². The Labute approximate surface area is 130 Å². The topological polar surface area (TPSA) is 81.4 Å². The maximum absolute atomic E-state index is 11.8. The van der Waals surface area contributed by atoms with Gasteiger partial charge in [0, 0.05) is 11.6 Å². The number of allylic oxidation sites excluding steroid dienone is 1. The Hall–Kier alpha value is -2.30. The second kappa shape index (κ2) is 6.22. The van der Waals surface area contributed by atoms with E-state index in [2.05, 4.69) is 5.32 Å². The van der Waals surface area contributed by atoms with Crippen LogP contribution in [0, 0.1) is 0 Å². The van der Waals surface area contributed by atoms with Crippen molar-refractivity contribution in [3.05, 3.63) is 35.4 Å². The number of cyclic esters (lactones) is 1. The summed E-state index contributed by atoms with van der Waals surface area (Å²) in [5, 5.41) is 2.74. The van der Waals surface area contributed by atoms with Crippen LogP contribution in [0.3, 0.4) is 0 Å². The fourth-order valence-electron chi connectivity index (χ4n) is 2.93. The van der Waals surface area contributed by atoms with Crippen molar-refractivity contribution in [1.29, 1.82) is 0 Å². The third kappa shape index (κ3) is 2.84. The van der Waals surface area contributed by atoms with Crippen LogP contribution in [-0.2, 0) is 15.1 Å².